The van der Waals surface area contributed by atoms with Crippen LogP contribution in [0.1, 0.15) is 69.8 Å². The number of allylic oxidation sites excluding steroid dienone is 4. The summed E-state index contributed by atoms with van der Waals surface area (Å²) in [5, 5.41) is 23.4. The summed E-state index contributed by atoms with van der Waals surface area (Å²) in [4.78, 5) is 44.7. The van der Waals surface area contributed by atoms with E-state index in [1.165, 1.54) is 12.2 Å². The molecule has 0 unspecified atom stereocenters. The van der Waals surface area contributed by atoms with Crippen molar-refractivity contribution in [2.75, 3.05) is 13.2 Å². The summed E-state index contributed by atoms with van der Waals surface area (Å²) in [6, 6.07) is 6.89. The van der Waals surface area contributed by atoms with Crippen molar-refractivity contribution in [3.63, 3.8) is 0 Å². The second-order valence-electron chi connectivity index (χ2n) is 14.7. The second-order valence-corrected chi connectivity index (χ2v) is 14.7. The maximum atomic E-state index is 17.5. The average Bonchev–Trinajstić information content (AvgIpc) is 3.42. The van der Waals surface area contributed by atoms with Gasteiger partial charge in [0.1, 0.15) is 18.4 Å². The molecule has 0 aromatic heterocycles. The van der Waals surface area contributed by atoms with E-state index < -0.39 is 81.9 Å². The molecule has 1 aromatic rings. The summed E-state index contributed by atoms with van der Waals surface area (Å²) in [5.74, 6) is -3.29. The number of carbonyl (C=O) groups is 3. The molecule has 4 fully saturated rings. The number of rotatable bonds is 5. The van der Waals surface area contributed by atoms with Gasteiger partial charge >= 0.3 is 5.97 Å². The molecule has 0 spiro atoms. The van der Waals surface area contributed by atoms with Crippen LogP contribution in [0.5, 0.6) is 0 Å². The molecule has 238 valence electrons. The number of ketones is 2. The summed E-state index contributed by atoms with van der Waals surface area (Å²) in [7, 11) is 0. The molecule has 1 aromatic carbocycles. The zero-order chi connectivity index (χ0) is 32.0. The van der Waals surface area contributed by atoms with E-state index in [1.807, 2.05) is 0 Å². The molecule has 5 aliphatic rings. The molecule has 4 aliphatic carbocycles. The number of aliphatic hydroxyl groups excluding tert-OH is 2. The SMILES string of the molecule is CC(C)(C)OC(=O)c1ccc(CN2C[C@@H]3C[C@H]4[C@@H]5C[C@H](F)C6=CC(=O)C=C[C@]6(C)[C@@]5(F)[C@@H](O)C[C@]4(C)[C@]3(C(=O)CO)O2)cc1. The lowest BCUT2D eigenvalue weighted by molar-refractivity contribution is -0.269. The molecule has 2 N–H and O–H groups in total. The van der Waals surface area contributed by atoms with Crippen molar-refractivity contribution in [3.8, 4) is 0 Å². The molecule has 0 amide bonds. The third-order valence-electron chi connectivity index (χ3n) is 11.2. The molecular weight excluding hydrogens is 572 g/mol. The smallest absolute Gasteiger partial charge is 0.338 e. The quantitative estimate of drug-likeness (QED) is 0.475. The number of ether oxygens (including phenoxy) is 1. The minimum atomic E-state index is -2.26. The van der Waals surface area contributed by atoms with Crippen molar-refractivity contribution < 1.29 is 43.0 Å². The molecule has 44 heavy (non-hydrogen) atoms. The molecule has 0 bridgehead atoms. The van der Waals surface area contributed by atoms with Crippen molar-refractivity contribution in [2.45, 2.75) is 89.6 Å². The number of aliphatic hydroxyl groups is 2. The third-order valence-corrected chi connectivity index (χ3v) is 11.2. The summed E-state index contributed by atoms with van der Waals surface area (Å²) in [6.45, 7) is 8.52. The number of hydrogen-bond donors (Lipinski definition) is 2. The summed E-state index contributed by atoms with van der Waals surface area (Å²) in [5.41, 5.74) is -5.78. The Kier molecular flexibility index (Phi) is 7.17. The fourth-order valence-corrected chi connectivity index (χ4v) is 9.32. The lowest BCUT2D eigenvalue weighted by Gasteiger charge is -2.63. The van der Waals surface area contributed by atoms with Gasteiger partial charge in [0.05, 0.1) is 11.7 Å². The summed E-state index contributed by atoms with van der Waals surface area (Å²) < 4.78 is 38.7. The fraction of sp³-hybridized carbons (Fsp3) is 0.618. The molecule has 6 rings (SSSR count). The molecule has 8 nitrogen and oxygen atoms in total. The molecule has 1 saturated heterocycles. The number of hydroxylamine groups is 2. The first-order chi connectivity index (χ1) is 20.5. The average molecular weight is 614 g/mol. The van der Waals surface area contributed by atoms with Crippen molar-refractivity contribution in [2.24, 2.45) is 28.6 Å². The maximum Gasteiger partial charge on any atom is 0.338 e. The summed E-state index contributed by atoms with van der Waals surface area (Å²) in [6.07, 6.45) is 0.630. The molecule has 9 atom stereocenters. The number of carbonyl (C=O) groups excluding carboxylic acids is 3. The van der Waals surface area contributed by atoms with Gasteiger partial charge in [-0.2, -0.15) is 5.06 Å². The van der Waals surface area contributed by atoms with Gasteiger partial charge in [-0.15, -0.1) is 0 Å². The number of nitrogens with zero attached hydrogens (tertiary/aromatic N) is 1. The van der Waals surface area contributed by atoms with Crippen LogP contribution in [0, 0.1) is 28.6 Å². The Hall–Kier alpha value is -2.79. The Morgan fingerprint density at radius 3 is 2.45 bits per heavy atom. The topological polar surface area (TPSA) is 113 Å². The molecule has 10 heteroatoms. The molecule has 1 aliphatic heterocycles. The first-order valence-corrected chi connectivity index (χ1v) is 15.4. The zero-order valence-corrected chi connectivity index (χ0v) is 25.8. The van der Waals surface area contributed by atoms with E-state index in [2.05, 4.69) is 0 Å². The number of fused-ring (bicyclic) bond motifs is 7. The van der Waals surface area contributed by atoms with Gasteiger partial charge in [-0.3, -0.25) is 14.4 Å². The number of halogens is 2. The van der Waals surface area contributed by atoms with Gasteiger partial charge in [-0.1, -0.05) is 25.1 Å². The Balaban J connectivity index is 1.29. The van der Waals surface area contributed by atoms with Crippen molar-refractivity contribution in [1.82, 2.24) is 5.06 Å². The highest BCUT2D eigenvalue weighted by Crippen LogP contribution is 2.72. The van der Waals surface area contributed by atoms with E-state index in [4.69, 9.17) is 9.57 Å². The monoisotopic (exact) mass is 613 g/mol. The van der Waals surface area contributed by atoms with E-state index in [0.717, 1.165) is 11.6 Å². The Morgan fingerprint density at radius 2 is 1.82 bits per heavy atom. The normalized spacial score (nSPS) is 41.3. The van der Waals surface area contributed by atoms with Crippen LogP contribution in [0.2, 0.25) is 0 Å². The Bertz CT molecular complexity index is 1450. The van der Waals surface area contributed by atoms with E-state index >= 15 is 8.78 Å². The molecule has 0 radical (unpaired) electrons. The molecular formula is C34H41F2NO7. The van der Waals surface area contributed by atoms with Crippen molar-refractivity contribution >= 4 is 17.5 Å². The predicted octanol–water partition coefficient (Wildman–Crippen LogP) is 4.23. The minimum absolute atomic E-state index is 0.0471. The number of hydrogen-bond acceptors (Lipinski definition) is 8. The van der Waals surface area contributed by atoms with Crippen LogP contribution in [0.15, 0.2) is 48.1 Å². The van der Waals surface area contributed by atoms with Crippen LogP contribution >= 0.6 is 0 Å². The van der Waals surface area contributed by atoms with E-state index in [-0.39, 0.29) is 25.0 Å². The first kappa shape index (κ1) is 31.2. The Labute approximate surface area is 256 Å². The number of benzene rings is 1. The van der Waals surface area contributed by atoms with Gasteiger partial charge in [0.15, 0.2) is 22.8 Å². The van der Waals surface area contributed by atoms with Gasteiger partial charge < -0.3 is 14.9 Å². The highest BCUT2D eigenvalue weighted by atomic mass is 19.1. The van der Waals surface area contributed by atoms with Crippen LogP contribution in [0.25, 0.3) is 0 Å². The molecule has 1 heterocycles. The zero-order valence-electron chi connectivity index (χ0n) is 25.8. The lowest BCUT2D eigenvalue weighted by atomic mass is 9.44. The number of esters is 1. The largest absolute Gasteiger partial charge is 0.456 e. The minimum Gasteiger partial charge on any atom is -0.456 e. The van der Waals surface area contributed by atoms with E-state index in [9.17, 15) is 24.6 Å². The van der Waals surface area contributed by atoms with Gasteiger partial charge in [0.2, 0.25) is 0 Å². The fourth-order valence-electron chi connectivity index (χ4n) is 9.32. The van der Waals surface area contributed by atoms with Crippen LogP contribution in [0.3, 0.4) is 0 Å². The standard InChI is InChI=1S/C34H41F2NO7/c1-30(2,3)43-29(42)20-8-6-19(7-9-20)16-37-17-21-12-23-24-14-26(35)25-13-22(39)10-11-31(25,4)33(24,36)27(40)15-32(23,5)34(21,44-37)28(41)18-38/h6-11,13,21,23-24,26-27,38,40H,12,14-18H2,1-5H3/t21-,23-,24-,26-,27-,31-,32-,33-,34-/m0/s1. The highest BCUT2D eigenvalue weighted by Gasteiger charge is 2.79. The van der Waals surface area contributed by atoms with Gasteiger partial charge in [0, 0.05) is 35.8 Å². The number of Topliss-reactive ketones (excluding diaryl/α,β-unsaturated/α-hetero) is 1. The van der Waals surface area contributed by atoms with Crippen LogP contribution in [-0.4, -0.2) is 75.1 Å². The molecule has 3 saturated carbocycles. The van der Waals surface area contributed by atoms with Gasteiger partial charge in [0.25, 0.3) is 0 Å². The van der Waals surface area contributed by atoms with E-state index in [1.54, 1.807) is 63.9 Å². The Morgan fingerprint density at radius 1 is 1.14 bits per heavy atom. The summed E-state index contributed by atoms with van der Waals surface area (Å²) >= 11 is 0. The van der Waals surface area contributed by atoms with Crippen LogP contribution in [-0.2, 0) is 25.7 Å². The van der Waals surface area contributed by atoms with Crippen molar-refractivity contribution in [1.29, 1.82) is 0 Å². The third kappa shape index (κ3) is 4.24. The predicted molar refractivity (Wildman–Crippen MR) is 155 cm³/mol. The number of alkyl halides is 2. The van der Waals surface area contributed by atoms with Crippen molar-refractivity contribution in [3.05, 3.63) is 59.2 Å². The second kappa shape index (κ2) is 10.1. The highest BCUT2D eigenvalue weighted by molar-refractivity contribution is 6.01. The lowest BCUT2D eigenvalue weighted by Crippen LogP contribution is -2.70. The van der Waals surface area contributed by atoms with Crippen LogP contribution < -0.4 is 0 Å². The van der Waals surface area contributed by atoms with Gasteiger partial charge in [-0.25, -0.2) is 13.6 Å². The maximum absolute atomic E-state index is 17.5. The van der Waals surface area contributed by atoms with Gasteiger partial charge in [-0.05, 0) is 88.3 Å². The first-order valence-electron chi connectivity index (χ1n) is 15.4. The van der Waals surface area contributed by atoms with E-state index in [0.29, 0.717) is 18.5 Å². The van der Waals surface area contributed by atoms with Crippen LogP contribution in [0.4, 0.5) is 8.78 Å².